The molecule has 0 spiro atoms. The number of carbonyl (C=O) groups is 2. The van der Waals surface area contributed by atoms with Crippen molar-refractivity contribution in [3.8, 4) is 0 Å². The van der Waals surface area contributed by atoms with Gasteiger partial charge in [0.05, 0.1) is 0 Å². The molecule has 2 aromatic carbocycles. The molecule has 21 heavy (non-hydrogen) atoms. The summed E-state index contributed by atoms with van der Waals surface area (Å²) in [7, 11) is 0. The van der Waals surface area contributed by atoms with E-state index in [0.29, 0.717) is 11.1 Å². The van der Waals surface area contributed by atoms with Crippen molar-refractivity contribution in [1.82, 2.24) is 4.72 Å². The SMILES string of the molecule is CC.Cc1ccc(C(=O)SNC(=O)c2ccccc2)cc1. The van der Waals surface area contributed by atoms with Crippen LogP contribution in [0.3, 0.4) is 0 Å². The third-order valence-corrected chi connectivity index (χ3v) is 3.27. The Bertz CT molecular complexity index is 579. The molecule has 1 N–H and O–H groups in total. The second-order valence-electron chi connectivity index (χ2n) is 4.05. The van der Waals surface area contributed by atoms with Crippen molar-refractivity contribution in [1.29, 1.82) is 0 Å². The molecule has 0 saturated carbocycles. The van der Waals surface area contributed by atoms with Gasteiger partial charge in [0, 0.05) is 23.1 Å². The lowest BCUT2D eigenvalue weighted by atomic mass is 10.2. The summed E-state index contributed by atoms with van der Waals surface area (Å²) in [6.07, 6.45) is 0. The van der Waals surface area contributed by atoms with Gasteiger partial charge in [-0.2, -0.15) is 0 Å². The number of hydrogen-bond donors (Lipinski definition) is 1. The molecule has 4 heteroatoms. The zero-order chi connectivity index (χ0) is 15.7. The van der Waals surface area contributed by atoms with E-state index >= 15 is 0 Å². The van der Waals surface area contributed by atoms with Crippen LogP contribution in [0.2, 0.25) is 0 Å². The van der Waals surface area contributed by atoms with Crippen LogP contribution in [0.4, 0.5) is 0 Å². The average molecular weight is 301 g/mol. The van der Waals surface area contributed by atoms with E-state index in [4.69, 9.17) is 0 Å². The molecule has 0 fully saturated rings. The Labute approximate surface area is 129 Å². The highest BCUT2D eigenvalue weighted by Crippen LogP contribution is 2.11. The number of hydrogen-bond acceptors (Lipinski definition) is 3. The Balaban J connectivity index is 0.00000106. The molecule has 0 bridgehead atoms. The molecule has 0 aliphatic carbocycles. The van der Waals surface area contributed by atoms with Crippen LogP contribution in [0.15, 0.2) is 54.6 Å². The molecule has 0 aliphatic rings. The number of carbonyl (C=O) groups excluding carboxylic acids is 2. The topological polar surface area (TPSA) is 46.2 Å². The van der Waals surface area contributed by atoms with Crippen LogP contribution in [0, 0.1) is 6.92 Å². The number of amides is 1. The number of aryl methyl sites for hydroxylation is 1. The highest BCUT2D eigenvalue weighted by atomic mass is 32.2. The van der Waals surface area contributed by atoms with Crippen LogP contribution in [-0.4, -0.2) is 11.0 Å². The second-order valence-corrected chi connectivity index (χ2v) is 4.83. The summed E-state index contributed by atoms with van der Waals surface area (Å²) in [5, 5.41) is -0.177. The maximum absolute atomic E-state index is 11.8. The van der Waals surface area contributed by atoms with Gasteiger partial charge in [-0.3, -0.25) is 14.3 Å². The fraction of sp³-hybridized carbons (Fsp3) is 0.176. The Hall–Kier alpha value is -2.07. The quantitative estimate of drug-likeness (QED) is 0.844. The van der Waals surface area contributed by atoms with E-state index in [1.54, 1.807) is 36.4 Å². The van der Waals surface area contributed by atoms with E-state index in [1.807, 2.05) is 39.0 Å². The number of benzene rings is 2. The van der Waals surface area contributed by atoms with Crippen molar-refractivity contribution in [3.05, 3.63) is 71.3 Å². The lowest BCUT2D eigenvalue weighted by molar-refractivity contribution is 0.0978. The summed E-state index contributed by atoms with van der Waals surface area (Å²) in [5.74, 6) is -0.272. The lowest BCUT2D eigenvalue weighted by Crippen LogP contribution is -2.18. The first-order valence-corrected chi connectivity index (χ1v) is 7.62. The molecule has 0 radical (unpaired) electrons. The molecule has 110 valence electrons. The van der Waals surface area contributed by atoms with Gasteiger partial charge < -0.3 is 0 Å². The summed E-state index contributed by atoms with van der Waals surface area (Å²) >= 11 is 0.800. The third-order valence-electron chi connectivity index (χ3n) is 2.56. The highest BCUT2D eigenvalue weighted by molar-refractivity contribution is 8.12. The van der Waals surface area contributed by atoms with Crippen molar-refractivity contribution in [2.45, 2.75) is 20.8 Å². The summed E-state index contributed by atoms with van der Waals surface area (Å²) in [4.78, 5) is 23.6. The first-order chi connectivity index (χ1) is 10.2. The monoisotopic (exact) mass is 301 g/mol. The Morgan fingerprint density at radius 2 is 1.43 bits per heavy atom. The van der Waals surface area contributed by atoms with Crippen molar-refractivity contribution >= 4 is 23.0 Å². The number of rotatable bonds is 2. The zero-order valence-electron chi connectivity index (χ0n) is 12.4. The van der Waals surface area contributed by atoms with Crippen molar-refractivity contribution in [2.24, 2.45) is 0 Å². The van der Waals surface area contributed by atoms with Gasteiger partial charge in [0.25, 0.3) is 5.91 Å². The van der Waals surface area contributed by atoms with Gasteiger partial charge in [0.15, 0.2) is 0 Å². The molecule has 0 saturated heterocycles. The normalized spacial score (nSPS) is 9.29. The maximum atomic E-state index is 11.8. The van der Waals surface area contributed by atoms with Gasteiger partial charge >= 0.3 is 0 Å². The second kappa shape index (κ2) is 8.97. The van der Waals surface area contributed by atoms with E-state index in [1.165, 1.54) is 0 Å². The van der Waals surface area contributed by atoms with Crippen LogP contribution in [0.5, 0.6) is 0 Å². The molecule has 2 aromatic rings. The highest BCUT2D eigenvalue weighted by Gasteiger charge is 2.10. The predicted octanol–water partition coefficient (Wildman–Crippen LogP) is 4.24. The average Bonchev–Trinajstić information content (AvgIpc) is 2.55. The van der Waals surface area contributed by atoms with Crippen LogP contribution in [0.25, 0.3) is 0 Å². The molecular weight excluding hydrogens is 282 g/mol. The summed E-state index contributed by atoms with van der Waals surface area (Å²) < 4.78 is 2.54. The number of nitrogens with one attached hydrogen (secondary N) is 1. The first kappa shape index (κ1) is 17.0. The molecule has 0 unspecified atom stereocenters. The maximum Gasteiger partial charge on any atom is 0.261 e. The standard InChI is InChI=1S/C15H13NO2S.C2H6/c1-11-7-9-13(10-8-11)15(18)19-16-14(17)12-5-3-2-4-6-12;1-2/h2-10H,1H3,(H,16,17);1-2H3. The lowest BCUT2D eigenvalue weighted by Gasteiger charge is -2.03. The minimum Gasteiger partial charge on any atom is -0.289 e. The predicted molar refractivity (Wildman–Crippen MR) is 88.4 cm³/mol. The molecule has 2 rings (SSSR count). The van der Waals surface area contributed by atoms with Gasteiger partial charge in [-0.25, -0.2) is 0 Å². The zero-order valence-corrected chi connectivity index (χ0v) is 13.2. The fourth-order valence-corrected chi connectivity index (χ4v) is 2.05. The molecule has 1 amide bonds. The van der Waals surface area contributed by atoms with Gasteiger partial charge in [0.2, 0.25) is 5.12 Å². The molecule has 0 aliphatic heterocycles. The fourth-order valence-electron chi connectivity index (χ4n) is 1.49. The smallest absolute Gasteiger partial charge is 0.261 e. The molecule has 0 aromatic heterocycles. The molecular formula is C17H19NO2S. The van der Waals surface area contributed by atoms with Crippen molar-refractivity contribution < 1.29 is 9.59 Å². The van der Waals surface area contributed by atoms with E-state index in [2.05, 4.69) is 4.72 Å². The summed E-state index contributed by atoms with van der Waals surface area (Å²) in [6.45, 7) is 5.96. The van der Waals surface area contributed by atoms with E-state index in [9.17, 15) is 9.59 Å². The van der Waals surface area contributed by atoms with Crippen molar-refractivity contribution in [3.63, 3.8) is 0 Å². The minimum absolute atomic E-state index is 0.177. The molecule has 0 heterocycles. The minimum atomic E-state index is -0.272. The van der Waals surface area contributed by atoms with Crippen LogP contribution in [0.1, 0.15) is 40.1 Å². The Morgan fingerprint density at radius 3 is 2.00 bits per heavy atom. The largest absolute Gasteiger partial charge is 0.289 e. The summed E-state index contributed by atoms with van der Waals surface area (Å²) in [5.41, 5.74) is 2.20. The van der Waals surface area contributed by atoms with E-state index in [0.717, 1.165) is 17.5 Å². The molecule has 0 atom stereocenters. The Kier molecular flexibility index (Phi) is 7.26. The van der Waals surface area contributed by atoms with Gasteiger partial charge in [-0.05, 0) is 19.1 Å². The van der Waals surface area contributed by atoms with E-state index in [-0.39, 0.29) is 11.0 Å². The van der Waals surface area contributed by atoms with Crippen molar-refractivity contribution in [2.75, 3.05) is 0 Å². The van der Waals surface area contributed by atoms with Crippen LogP contribution >= 0.6 is 11.9 Å². The Morgan fingerprint density at radius 1 is 0.857 bits per heavy atom. The first-order valence-electron chi connectivity index (χ1n) is 6.80. The van der Waals surface area contributed by atoms with E-state index < -0.39 is 0 Å². The molecule has 3 nitrogen and oxygen atoms in total. The van der Waals surface area contributed by atoms with Gasteiger partial charge in [-0.1, -0.05) is 61.9 Å². The third kappa shape index (κ3) is 5.44. The van der Waals surface area contributed by atoms with Gasteiger partial charge in [-0.15, -0.1) is 0 Å². The van der Waals surface area contributed by atoms with Gasteiger partial charge in [0.1, 0.15) is 0 Å². The van der Waals surface area contributed by atoms with Crippen LogP contribution in [-0.2, 0) is 0 Å². The van der Waals surface area contributed by atoms with Crippen LogP contribution < -0.4 is 4.72 Å². The summed E-state index contributed by atoms with van der Waals surface area (Å²) in [6, 6.07) is 16.0.